The van der Waals surface area contributed by atoms with Crippen molar-refractivity contribution in [3.63, 3.8) is 0 Å². The van der Waals surface area contributed by atoms with E-state index in [4.69, 9.17) is 0 Å². The summed E-state index contributed by atoms with van der Waals surface area (Å²) in [6, 6.07) is 16.9. The van der Waals surface area contributed by atoms with Crippen LogP contribution < -0.4 is 4.72 Å². The number of imidazole rings is 1. The molecule has 0 aliphatic rings. The maximum Gasteiger partial charge on any atom is 0.240 e. The van der Waals surface area contributed by atoms with E-state index in [2.05, 4.69) is 28.1 Å². The number of nitrogens with one attached hydrogen (secondary N) is 1. The zero-order valence-corrected chi connectivity index (χ0v) is 16.5. The largest absolute Gasteiger partial charge is 0.335 e. The summed E-state index contributed by atoms with van der Waals surface area (Å²) >= 11 is 0. The molecule has 0 unspecified atom stereocenters. The third-order valence-corrected chi connectivity index (χ3v) is 5.88. The Balaban J connectivity index is 1.57. The fraction of sp³-hybridized carbons (Fsp3) is 0.286. The summed E-state index contributed by atoms with van der Waals surface area (Å²) < 4.78 is 29.7. The zero-order chi connectivity index (χ0) is 19.3. The first-order valence-electron chi connectivity index (χ1n) is 9.13. The second-order valence-corrected chi connectivity index (χ2v) is 8.54. The zero-order valence-electron chi connectivity index (χ0n) is 15.7. The Hall–Kier alpha value is -2.44. The van der Waals surface area contributed by atoms with Crippen LogP contribution in [0.1, 0.15) is 32.0 Å². The molecule has 2 aromatic carbocycles. The van der Waals surface area contributed by atoms with Gasteiger partial charge in [-0.3, -0.25) is 0 Å². The maximum atomic E-state index is 12.5. The van der Waals surface area contributed by atoms with Crippen molar-refractivity contribution in [1.29, 1.82) is 0 Å². The topological polar surface area (TPSA) is 64.0 Å². The molecule has 1 aromatic heterocycles. The van der Waals surface area contributed by atoms with Crippen LogP contribution >= 0.6 is 0 Å². The van der Waals surface area contributed by atoms with Crippen molar-refractivity contribution in [3.8, 4) is 11.1 Å². The SMILES string of the molecule is CC(C)c1nccn1CCCNS(=O)(=O)c1ccc(-c2ccccc2)cc1. The predicted octanol–water partition coefficient (Wildman–Crippen LogP) is 4.04. The fourth-order valence-electron chi connectivity index (χ4n) is 3.01. The van der Waals surface area contributed by atoms with E-state index in [-0.39, 0.29) is 4.90 Å². The average molecular weight is 384 g/mol. The van der Waals surface area contributed by atoms with Crippen LogP contribution in [0.5, 0.6) is 0 Å². The van der Waals surface area contributed by atoms with Crippen molar-refractivity contribution in [2.75, 3.05) is 6.54 Å². The van der Waals surface area contributed by atoms with E-state index in [0.29, 0.717) is 18.9 Å². The molecule has 0 saturated heterocycles. The Kier molecular flexibility index (Phi) is 6.08. The van der Waals surface area contributed by atoms with Crippen LogP contribution in [-0.2, 0) is 16.6 Å². The van der Waals surface area contributed by atoms with Crippen LogP contribution in [0.2, 0.25) is 0 Å². The molecule has 0 atom stereocenters. The maximum absolute atomic E-state index is 12.5. The highest BCUT2D eigenvalue weighted by molar-refractivity contribution is 7.89. The summed E-state index contributed by atoms with van der Waals surface area (Å²) in [6.07, 6.45) is 4.43. The first-order chi connectivity index (χ1) is 13.0. The molecule has 5 nitrogen and oxygen atoms in total. The molecule has 0 radical (unpaired) electrons. The number of aromatic nitrogens is 2. The van der Waals surface area contributed by atoms with Crippen LogP contribution in [0.25, 0.3) is 11.1 Å². The monoisotopic (exact) mass is 383 g/mol. The Morgan fingerprint density at radius 2 is 1.67 bits per heavy atom. The van der Waals surface area contributed by atoms with Crippen LogP contribution in [0.4, 0.5) is 0 Å². The lowest BCUT2D eigenvalue weighted by atomic mass is 10.1. The molecule has 3 aromatic rings. The van der Waals surface area contributed by atoms with Gasteiger partial charge in [-0.2, -0.15) is 0 Å². The van der Waals surface area contributed by atoms with Crippen molar-refractivity contribution in [3.05, 3.63) is 72.8 Å². The standard InChI is InChI=1S/C21H25N3O2S/c1-17(2)21-22-14-16-24(21)15-6-13-23-27(25,26)20-11-9-19(10-12-20)18-7-4-3-5-8-18/h3-5,7-12,14,16-17,23H,6,13,15H2,1-2H3. The molecular weight excluding hydrogens is 358 g/mol. The fourth-order valence-corrected chi connectivity index (χ4v) is 4.08. The van der Waals surface area contributed by atoms with Gasteiger partial charge in [0.1, 0.15) is 5.82 Å². The molecule has 0 aliphatic carbocycles. The number of benzene rings is 2. The lowest BCUT2D eigenvalue weighted by Gasteiger charge is -2.11. The van der Waals surface area contributed by atoms with Crippen molar-refractivity contribution in [2.24, 2.45) is 0 Å². The van der Waals surface area contributed by atoms with Crippen LogP contribution in [0.3, 0.4) is 0 Å². The number of rotatable bonds is 8. The minimum atomic E-state index is -3.50. The van der Waals surface area contributed by atoms with E-state index in [1.165, 1.54) is 0 Å². The molecular formula is C21H25N3O2S. The third kappa shape index (κ3) is 4.84. The smallest absolute Gasteiger partial charge is 0.240 e. The van der Waals surface area contributed by atoms with Crippen molar-refractivity contribution in [2.45, 2.75) is 37.6 Å². The molecule has 1 heterocycles. The normalized spacial score (nSPS) is 11.8. The lowest BCUT2D eigenvalue weighted by Crippen LogP contribution is -2.25. The van der Waals surface area contributed by atoms with Gasteiger partial charge < -0.3 is 4.57 Å². The van der Waals surface area contributed by atoms with Gasteiger partial charge >= 0.3 is 0 Å². The number of hydrogen-bond donors (Lipinski definition) is 1. The summed E-state index contributed by atoms with van der Waals surface area (Å²) in [7, 11) is -3.50. The van der Waals surface area contributed by atoms with E-state index in [1.807, 2.05) is 48.7 Å². The quantitative estimate of drug-likeness (QED) is 0.597. The van der Waals surface area contributed by atoms with E-state index in [1.54, 1.807) is 18.3 Å². The van der Waals surface area contributed by atoms with Crippen LogP contribution in [0, 0.1) is 0 Å². The van der Waals surface area contributed by atoms with Gasteiger partial charge in [0.05, 0.1) is 4.90 Å². The van der Waals surface area contributed by atoms with Gasteiger partial charge in [-0.1, -0.05) is 56.3 Å². The summed E-state index contributed by atoms with van der Waals surface area (Å²) in [4.78, 5) is 4.63. The van der Waals surface area contributed by atoms with Gasteiger partial charge in [-0.25, -0.2) is 18.1 Å². The molecule has 142 valence electrons. The predicted molar refractivity (Wildman–Crippen MR) is 108 cm³/mol. The third-order valence-electron chi connectivity index (χ3n) is 4.40. The van der Waals surface area contributed by atoms with Gasteiger partial charge in [0, 0.05) is 31.4 Å². The Labute approximate surface area is 161 Å². The van der Waals surface area contributed by atoms with Crippen molar-refractivity contribution in [1.82, 2.24) is 14.3 Å². The molecule has 3 rings (SSSR count). The lowest BCUT2D eigenvalue weighted by molar-refractivity contribution is 0.559. The van der Waals surface area contributed by atoms with Crippen molar-refractivity contribution < 1.29 is 8.42 Å². The molecule has 0 amide bonds. The highest BCUT2D eigenvalue weighted by Crippen LogP contribution is 2.21. The van der Waals surface area contributed by atoms with Crippen molar-refractivity contribution >= 4 is 10.0 Å². The number of aryl methyl sites for hydroxylation is 1. The Morgan fingerprint density at radius 1 is 1.00 bits per heavy atom. The minimum Gasteiger partial charge on any atom is -0.335 e. The summed E-state index contributed by atoms with van der Waals surface area (Å²) in [5, 5.41) is 0. The van der Waals surface area contributed by atoms with Gasteiger partial charge in [-0.05, 0) is 29.7 Å². The van der Waals surface area contributed by atoms with E-state index < -0.39 is 10.0 Å². The Morgan fingerprint density at radius 3 is 2.33 bits per heavy atom. The summed E-state index contributed by atoms with van der Waals surface area (Å²) in [5.74, 6) is 1.37. The first kappa shape index (κ1) is 19.3. The summed E-state index contributed by atoms with van der Waals surface area (Å²) in [6.45, 7) is 5.32. The minimum absolute atomic E-state index is 0.285. The number of sulfonamides is 1. The molecule has 6 heteroatoms. The van der Waals surface area contributed by atoms with E-state index in [0.717, 1.165) is 23.5 Å². The van der Waals surface area contributed by atoms with Crippen LogP contribution in [-0.4, -0.2) is 24.5 Å². The molecule has 27 heavy (non-hydrogen) atoms. The average Bonchev–Trinajstić information content (AvgIpc) is 3.15. The second kappa shape index (κ2) is 8.50. The van der Waals surface area contributed by atoms with Gasteiger partial charge in [0.2, 0.25) is 10.0 Å². The summed E-state index contributed by atoms with van der Waals surface area (Å²) in [5.41, 5.74) is 2.06. The highest BCUT2D eigenvalue weighted by atomic mass is 32.2. The molecule has 0 bridgehead atoms. The molecule has 0 fully saturated rings. The number of nitrogens with zero attached hydrogens (tertiary/aromatic N) is 2. The van der Waals surface area contributed by atoms with Gasteiger partial charge in [-0.15, -0.1) is 0 Å². The second-order valence-electron chi connectivity index (χ2n) is 6.78. The van der Waals surface area contributed by atoms with Gasteiger partial charge in [0.15, 0.2) is 0 Å². The first-order valence-corrected chi connectivity index (χ1v) is 10.6. The molecule has 1 N–H and O–H groups in total. The van der Waals surface area contributed by atoms with E-state index >= 15 is 0 Å². The molecule has 0 aliphatic heterocycles. The Bertz CT molecular complexity index is 962. The van der Waals surface area contributed by atoms with E-state index in [9.17, 15) is 8.42 Å². The molecule has 0 spiro atoms. The number of hydrogen-bond acceptors (Lipinski definition) is 3. The highest BCUT2D eigenvalue weighted by Gasteiger charge is 2.13. The molecule has 0 saturated carbocycles. The van der Waals surface area contributed by atoms with Gasteiger partial charge in [0.25, 0.3) is 0 Å². The van der Waals surface area contributed by atoms with Crippen LogP contribution in [0.15, 0.2) is 71.9 Å².